The molecule has 0 aliphatic heterocycles. The molecule has 0 aliphatic rings. The molecule has 0 saturated heterocycles. The van der Waals surface area contributed by atoms with Crippen LogP contribution in [0, 0.1) is 10.1 Å². The molecule has 0 atom stereocenters. The number of halogens is 6. The zero-order chi connectivity index (χ0) is 15.9. The summed E-state index contributed by atoms with van der Waals surface area (Å²) in [6.45, 7) is 0. The third-order valence-electron chi connectivity index (χ3n) is 2.48. The summed E-state index contributed by atoms with van der Waals surface area (Å²) in [5, 5.41) is 10.8. The van der Waals surface area contributed by atoms with Crippen LogP contribution in [0.25, 0.3) is 11.3 Å². The molecule has 1 aromatic heterocycles. The fourth-order valence-electron chi connectivity index (χ4n) is 1.57. The fraction of sp³-hybridized carbons (Fsp3) is 0. The minimum Gasteiger partial charge on any atom is -0.258 e. The van der Waals surface area contributed by atoms with Crippen LogP contribution in [0.1, 0.15) is 0 Å². The molecular formula is C11H2Cl6N2O2. The molecule has 0 N–H and O–H groups in total. The molecule has 0 radical (unpaired) electrons. The van der Waals surface area contributed by atoms with Gasteiger partial charge in [0.1, 0.15) is 0 Å². The molecule has 0 aliphatic carbocycles. The smallest absolute Gasteiger partial charge is 0.258 e. The van der Waals surface area contributed by atoms with Crippen LogP contribution in [-0.2, 0) is 0 Å². The highest BCUT2D eigenvalue weighted by atomic mass is 35.5. The first-order valence-corrected chi connectivity index (χ1v) is 7.34. The van der Waals surface area contributed by atoms with Crippen LogP contribution in [0.15, 0.2) is 12.3 Å². The van der Waals surface area contributed by atoms with E-state index in [4.69, 9.17) is 69.6 Å². The highest BCUT2D eigenvalue weighted by Crippen LogP contribution is 2.49. The largest absolute Gasteiger partial charge is 0.297 e. The van der Waals surface area contributed by atoms with Gasteiger partial charge < -0.3 is 0 Å². The molecular weight excluding hydrogens is 405 g/mol. The molecule has 2 rings (SSSR count). The summed E-state index contributed by atoms with van der Waals surface area (Å²) in [4.78, 5) is 14.4. The molecule has 1 heterocycles. The summed E-state index contributed by atoms with van der Waals surface area (Å²) in [6.07, 6.45) is 1.22. The Balaban J connectivity index is 2.89. The summed E-state index contributed by atoms with van der Waals surface area (Å²) in [7, 11) is 0. The Hall–Kier alpha value is -0.490. The Kier molecular flexibility index (Phi) is 5.08. The molecule has 0 unspecified atom stereocenters. The molecule has 2 aromatic rings. The van der Waals surface area contributed by atoms with Crippen molar-refractivity contribution in [1.29, 1.82) is 0 Å². The maximum atomic E-state index is 11.1. The van der Waals surface area contributed by atoms with Crippen molar-refractivity contribution in [2.24, 2.45) is 0 Å². The van der Waals surface area contributed by atoms with Gasteiger partial charge in [-0.2, -0.15) is 0 Å². The van der Waals surface area contributed by atoms with Crippen LogP contribution in [0.4, 0.5) is 5.69 Å². The minimum atomic E-state index is -0.669. The zero-order valence-corrected chi connectivity index (χ0v) is 14.2. The Morgan fingerprint density at radius 2 is 1.38 bits per heavy atom. The lowest BCUT2D eigenvalue weighted by Gasteiger charge is -2.12. The third kappa shape index (κ3) is 3.02. The normalized spacial score (nSPS) is 10.8. The van der Waals surface area contributed by atoms with Crippen LogP contribution in [0.3, 0.4) is 0 Å². The minimum absolute atomic E-state index is 0.0149. The second-order valence-corrected chi connectivity index (χ2v) is 6.05. The number of hydrogen-bond donors (Lipinski definition) is 0. The molecule has 0 amide bonds. The Morgan fingerprint density at radius 3 is 1.86 bits per heavy atom. The van der Waals surface area contributed by atoms with E-state index >= 15 is 0 Å². The van der Waals surface area contributed by atoms with Crippen LogP contribution < -0.4 is 0 Å². The average molecular weight is 407 g/mol. The number of benzene rings is 1. The molecule has 0 spiro atoms. The van der Waals surface area contributed by atoms with E-state index < -0.39 is 4.92 Å². The number of nitro groups is 1. The van der Waals surface area contributed by atoms with Gasteiger partial charge in [-0.05, 0) is 0 Å². The molecule has 0 fully saturated rings. The summed E-state index contributed by atoms with van der Waals surface area (Å²) in [6, 6.07) is 1.12. The van der Waals surface area contributed by atoms with Gasteiger partial charge in [0.25, 0.3) is 5.69 Å². The maximum Gasteiger partial charge on any atom is 0.297 e. The Morgan fingerprint density at radius 1 is 0.905 bits per heavy atom. The van der Waals surface area contributed by atoms with Gasteiger partial charge in [-0.1, -0.05) is 69.6 Å². The van der Waals surface area contributed by atoms with Crippen LogP contribution >= 0.6 is 69.6 Å². The van der Waals surface area contributed by atoms with E-state index in [-0.39, 0.29) is 47.1 Å². The first-order valence-electron chi connectivity index (χ1n) is 5.07. The van der Waals surface area contributed by atoms with E-state index in [1.165, 1.54) is 6.20 Å². The molecule has 0 bridgehead atoms. The second kappa shape index (κ2) is 6.32. The van der Waals surface area contributed by atoms with Crippen molar-refractivity contribution in [3.63, 3.8) is 0 Å². The van der Waals surface area contributed by atoms with Gasteiger partial charge in [0.2, 0.25) is 0 Å². The molecule has 4 nitrogen and oxygen atoms in total. The summed E-state index contributed by atoms with van der Waals surface area (Å²) in [5.74, 6) is 0. The van der Waals surface area contributed by atoms with Gasteiger partial charge in [-0.3, -0.25) is 10.1 Å². The van der Waals surface area contributed by atoms with Gasteiger partial charge in [-0.25, -0.2) is 4.98 Å². The van der Waals surface area contributed by atoms with Crippen molar-refractivity contribution in [2.45, 2.75) is 0 Å². The molecule has 110 valence electrons. The number of rotatable bonds is 2. The van der Waals surface area contributed by atoms with E-state index in [0.29, 0.717) is 0 Å². The topological polar surface area (TPSA) is 56.0 Å². The SMILES string of the molecule is O=[N+]([O-])c1cc(Cl)cnc1-c1c(Cl)c(Cl)c(Cl)c(Cl)c1Cl. The van der Waals surface area contributed by atoms with Gasteiger partial charge in [0, 0.05) is 17.8 Å². The lowest BCUT2D eigenvalue weighted by molar-refractivity contribution is -0.384. The van der Waals surface area contributed by atoms with Crippen molar-refractivity contribution in [3.8, 4) is 11.3 Å². The maximum absolute atomic E-state index is 11.1. The third-order valence-corrected chi connectivity index (χ3v) is 4.96. The average Bonchev–Trinajstić information content (AvgIpc) is 2.44. The van der Waals surface area contributed by atoms with Gasteiger partial charge in [0.15, 0.2) is 5.69 Å². The molecule has 0 saturated carbocycles. The quantitative estimate of drug-likeness (QED) is 0.245. The van der Waals surface area contributed by atoms with Crippen LogP contribution in [-0.4, -0.2) is 9.91 Å². The first kappa shape index (κ1) is 16.9. The zero-order valence-electron chi connectivity index (χ0n) is 9.63. The lowest BCUT2D eigenvalue weighted by Crippen LogP contribution is -1.97. The van der Waals surface area contributed by atoms with Gasteiger partial charge in [0.05, 0.1) is 35.1 Å². The van der Waals surface area contributed by atoms with E-state index in [2.05, 4.69) is 4.98 Å². The van der Waals surface area contributed by atoms with E-state index in [1.54, 1.807) is 0 Å². The van der Waals surface area contributed by atoms with Gasteiger partial charge in [-0.15, -0.1) is 0 Å². The number of hydrogen-bond acceptors (Lipinski definition) is 3. The fourth-order valence-corrected chi connectivity index (χ4v) is 3.04. The Labute approximate surface area is 148 Å². The molecule has 21 heavy (non-hydrogen) atoms. The van der Waals surface area contributed by atoms with Crippen LogP contribution in [0.5, 0.6) is 0 Å². The van der Waals surface area contributed by atoms with Crippen molar-refractivity contribution in [2.75, 3.05) is 0 Å². The lowest BCUT2D eigenvalue weighted by atomic mass is 10.1. The van der Waals surface area contributed by atoms with E-state index in [9.17, 15) is 10.1 Å². The predicted octanol–water partition coefficient (Wildman–Crippen LogP) is 6.58. The van der Waals surface area contributed by atoms with Gasteiger partial charge >= 0.3 is 0 Å². The first-order chi connectivity index (χ1) is 9.75. The van der Waals surface area contributed by atoms with E-state index in [0.717, 1.165) is 6.07 Å². The highest BCUT2D eigenvalue weighted by molar-refractivity contribution is 6.56. The highest BCUT2D eigenvalue weighted by Gasteiger charge is 2.27. The second-order valence-electron chi connectivity index (χ2n) is 3.72. The number of pyridine rings is 1. The predicted molar refractivity (Wildman–Crippen MR) is 86.4 cm³/mol. The van der Waals surface area contributed by atoms with Crippen molar-refractivity contribution in [1.82, 2.24) is 4.98 Å². The van der Waals surface area contributed by atoms with Crippen molar-refractivity contribution >= 4 is 75.3 Å². The number of nitrogens with zero attached hydrogens (tertiary/aromatic N) is 2. The van der Waals surface area contributed by atoms with Crippen molar-refractivity contribution < 1.29 is 4.92 Å². The number of aromatic nitrogens is 1. The molecule has 1 aromatic carbocycles. The summed E-state index contributed by atoms with van der Waals surface area (Å²) in [5.41, 5.74) is -0.485. The van der Waals surface area contributed by atoms with Crippen molar-refractivity contribution in [3.05, 3.63) is 52.5 Å². The summed E-state index contributed by atoms with van der Waals surface area (Å²) < 4.78 is 0. The monoisotopic (exact) mass is 404 g/mol. The van der Waals surface area contributed by atoms with E-state index in [1.807, 2.05) is 0 Å². The standard InChI is InChI=1S/C11H2Cl6N2O2/c12-3-1-4(19(20)21)11(18-2-3)5-6(13)8(15)10(17)9(16)7(5)14/h1-2H. The summed E-state index contributed by atoms with van der Waals surface area (Å²) >= 11 is 35.6. The Bertz CT molecular complexity index is 736. The van der Waals surface area contributed by atoms with Crippen LogP contribution in [0.2, 0.25) is 30.1 Å². The molecule has 10 heteroatoms.